The molecule has 1 saturated heterocycles. The first kappa shape index (κ1) is 22.7. The highest BCUT2D eigenvalue weighted by Crippen LogP contribution is 2.23. The number of piperidine rings is 1. The van der Waals surface area contributed by atoms with E-state index in [-0.39, 0.29) is 23.7 Å². The first-order valence-corrected chi connectivity index (χ1v) is 11.8. The van der Waals surface area contributed by atoms with Crippen molar-refractivity contribution in [2.24, 2.45) is 0 Å². The van der Waals surface area contributed by atoms with Crippen molar-refractivity contribution >= 4 is 22.6 Å². The molecule has 0 bridgehead atoms. The summed E-state index contributed by atoms with van der Waals surface area (Å²) in [6.45, 7) is 0.701. The molecule has 1 atom stereocenters. The van der Waals surface area contributed by atoms with E-state index < -0.39 is 6.04 Å². The van der Waals surface area contributed by atoms with E-state index in [1.807, 2.05) is 60.7 Å². The van der Waals surface area contributed by atoms with Crippen molar-refractivity contribution in [2.75, 3.05) is 0 Å². The van der Waals surface area contributed by atoms with Gasteiger partial charge in [0.05, 0.1) is 36.1 Å². The minimum Gasteiger partial charge on any atom is -0.328 e. The van der Waals surface area contributed by atoms with E-state index in [9.17, 15) is 14.4 Å². The second kappa shape index (κ2) is 10.0. The van der Waals surface area contributed by atoms with Crippen molar-refractivity contribution in [3.05, 3.63) is 106 Å². The van der Waals surface area contributed by atoms with Gasteiger partial charge in [-0.3, -0.25) is 23.9 Å². The van der Waals surface area contributed by atoms with Crippen LogP contribution in [0.2, 0.25) is 0 Å². The van der Waals surface area contributed by atoms with Gasteiger partial charge < -0.3 is 4.90 Å². The molecule has 7 heteroatoms. The van der Waals surface area contributed by atoms with Gasteiger partial charge in [-0.05, 0) is 30.0 Å². The maximum atomic E-state index is 13.6. The molecule has 2 aromatic heterocycles. The Morgan fingerprint density at radius 2 is 1.60 bits per heavy atom. The number of benzene rings is 2. The third kappa shape index (κ3) is 4.89. The number of hydrogen-bond acceptors (Lipinski definition) is 5. The molecule has 176 valence electrons. The average Bonchev–Trinajstić information content (AvgIpc) is 2.89. The zero-order valence-electron chi connectivity index (χ0n) is 19.3. The second-order valence-corrected chi connectivity index (χ2v) is 8.86. The number of pyridine rings is 1. The summed E-state index contributed by atoms with van der Waals surface area (Å²) in [6.07, 6.45) is 4.80. The van der Waals surface area contributed by atoms with Crippen LogP contribution in [-0.2, 0) is 29.1 Å². The fourth-order valence-corrected chi connectivity index (χ4v) is 4.69. The Bertz CT molecular complexity index is 1420. The Balaban J connectivity index is 1.48. The van der Waals surface area contributed by atoms with Crippen LogP contribution >= 0.6 is 0 Å². The summed E-state index contributed by atoms with van der Waals surface area (Å²) in [5.41, 5.74) is 2.18. The zero-order valence-corrected chi connectivity index (χ0v) is 19.3. The van der Waals surface area contributed by atoms with E-state index >= 15 is 0 Å². The molecule has 1 aliphatic rings. The Morgan fingerprint density at radius 1 is 0.914 bits per heavy atom. The van der Waals surface area contributed by atoms with Crippen molar-refractivity contribution < 1.29 is 9.59 Å². The van der Waals surface area contributed by atoms with Gasteiger partial charge in [0.1, 0.15) is 5.82 Å². The lowest BCUT2D eigenvalue weighted by molar-refractivity contribution is -0.143. The quantitative estimate of drug-likeness (QED) is 0.416. The number of hydrogen-bond donors (Lipinski definition) is 0. The van der Waals surface area contributed by atoms with Crippen LogP contribution in [0.25, 0.3) is 10.9 Å². The lowest BCUT2D eigenvalue weighted by atomic mass is 9.95. The van der Waals surface area contributed by atoms with Crippen LogP contribution in [0.1, 0.15) is 36.2 Å². The van der Waals surface area contributed by atoms with Crippen LogP contribution < -0.4 is 5.56 Å². The monoisotopic (exact) mass is 466 g/mol. The van der Waals surface area contributed by atoms with E-state index in [1.165, 1.54) is 0 Å². The summed E-state index contributed by atoms with van der Waals surface area (Å²) < 4.78 is 1.57. The molecule has 1 aliphatic heterocycles. The van der Waals surface area contributed by atoms with Gasteiger partial charge in [-0.2, -0.15) is 0 Å². The molecule has 0 N–H and O–H groups in total. The van der Waals surface area contributed by atoms with Crippen LogP contribution in [0.15, 0.2) is 83.9 Å². The molecule has 3 heterocycles. The molecule has 0 spiro atoms. The molecule has 7 nitrogen and oxygen atoms in total. The summed E-state index contributed by atoms with van der Waals surface area (Å²) in [5, 5.41) is 0.464. The maximum absolute atomic E-state index is 13.6. The van der Waals surface area contributed by atoms with Gasteiger partial charge in [-0.1, -0.05) is 60.7 Å². The molecular weight excluding hydrogens is 440 g/mol. The van der Waals surface area contributed by atoms with Crippen LogP contribution in [-0.4, -0.2) is 37.2 Å². The summed E-state index contributed by atoms with van der Waals surface area (Å²) in [6, 6.07) is 20.4. The predicted octanol–water partition coefficient (Wildman–Crippen LogP) is 3.53. The van der Waals surface area contributed by atoms with Gasteiger partial charge in [0.2, 0.25) is 5.91 Å². The Labute approximate surface area is 203 Å². The lowest BCUT2D eigenvalue weighted by Gasteiger charge is -2.35. The Kier molecular flexibility index (Phi) is 6.48. The average molecular weight is 467 g/mol. The largest absolute Gasteiger partial charge is 0.328 e. The summed E-state index contributed by atoms with van der Waals surface area (Å²) >= 11 is 0. The van der Waals surface area contributed by atoms with Gasteiger partial charge in [0.25, 0.3) is 5.56 Å². The van der Waals surface area contributed by atoms with E-state index in [0.717, 1.165) is 11.1 Å². The summed E-state index contributed by atoms with van der Waals surface area (Å²) in [5.74, 6) is 0.267. The molecule has 0 radical (unpaired) electrons. The molecule has 1 unspecified atom stereocenters. The predicted molar refractivity (Wildman–Crippen MR) is 133 cm³/mol. The van der Waals surface area contributed by atoms with Crippen molar-refractivity contribution in [3.8, 4) is 0 Å². The van der Waals surface area contributed by atoms with E-state index in [0.29, 0.717) is 49.1 Å². The van der Waals surface area contributed by atoms with Crippen molar-refractivity contribution in [1.82, 2.24) is 19.4 Å². The van der Waals surface area contributed by atoms with Crippen LogP contribution in [0, 0.1) is 0 Å². The van der Waals surface area contributed by atoms with Crippen molar-refractivity contribution in [2.45, 2.75) is 44.8 Å². The lowest BCUT2D eigenvalue weighted by Crippen LogP contribution is -2.48. The molecule has 1 fully saturated rings. The topological polar surface area (TPSA) is 85.2 Å². The number of likely N-dealkylation sites (tertiary alicyclic amines) is 1. The molecule has 2 aromatic carbocycles. The number of carbonyl (C=O) groups excluding carboxylic acids is 2. The van der Waals surface area contributed by atoms with E-state index in [4.69, 9.17) is 0 Å². The van der Waals surface area contributed by atoms with Crippen molar-refractivity contribution in [1.29, 1.82) is 0 Å². The summed E-state index contributed by atoms with van der Waals surface area (Å²) in [7, 11) is 0. The normalized spacial score (nSPS) is 15.9. The fraction of sp³-hybridized carbons (Fsp3) is 0.250. The number of rotatable bonds is 7. The molecule has 4 aromatic rings. The minimum atomic E-state index is -0.539. The number of amides is 1. The zero-order chi connectivity index (χ0) is 24.2. The first-order valence-electron chi connectivity index (χ1n) is 11.8. The third-order valence-electron chi connectivity index (χ3n) is 6.48. The molecular formula is C28H26N4O3. The van der Waals surface area contributed by atoms with Gasteiger partial charge in [-0.15, -0.1) is 0 Å². The minimum absolute atomic E-state index is 0.0178. The second-order valence-electron chi connectivity index (χ2n) is 8.86. The number of nitrogens with zero attached hydrogens (tertiary/aromatic N) is 4. The highest BCUT2D eigenvalue weighted by Gasteiger charge is 2.33. The molecule has 1 amide bonds. The Hall–Kier alpha value is -4.13. The van der Waals surface area contributed by atoms with E-state index in [1.54, 1.807) is 27.9 Å². The van der Waals surface area contributed by atoms with Gasteiger partial charge in [0, 0.05) is 19.2 Å². The molecule has 35 heavy (non-hydrogen) atoms. The number of Topliss-reactive ketones (excluding diaryl/α,β-unsaturated/α-hetero) is 1. The number of carbonyl (C=O) groups is 2. The van der Waals surface area contributed by atoms with Gasteiger partial charge in [0.15, 0.2) is 5.78 Å². The Morgan fingerprint density at radius 3 is 2.31 bits per heavy atom. The first-order chi connectivity index (χ1) is 17.1. The standard InChI is InChI=1S/C28H26N4O3/c33-25(24-12-7-13-27(34)31(24)18-20-8-3-1-4-9-20)16-26-30-23-17-29-15-14-22(23)28(35)32(26)19-21-10-5-2-6-11-21/h1-6,8-11,14-15,17,24H,7,12-13,16,18-19H2. The molecule has 5 rings (SSSR count). The SMILES string of the molecule is O=C(Cc1nc2cnccc2c(=O)n1Cc1ccccc1)C1CCCC(=O)N1Cc1ccccc1. The van der Waals surface area contributed by atoms with Crippen LogP contribution in [0.4, 0.5) is 0 Å². The smallest absolute Gasteiger partial charge is 0.261 e. The highest BCUT2D eigenvalue weighted by atomic mass is 16.2. The summed E-state index contributed by atoms with van der Waals surface area (Å²) in [4.78, 5) is 50.2. The third-order valence-corrected chi connectivity index (χ3v) is 6.48. The number of aromatic nitrogens is 3. The maximum Gasteiger partial charge on any atom is 0.261 e. The number of fused-ring (bicyclic) bond motifs is 1. The van der Waals surface area contributed by atoms with Crippen molar-refractivity contribution in [3.63, 3.8) is 0 Å². The van der Waals surface area contributed by atoms with Crippen LogP contribution in [0.3, 0.4) is 0 Å². The molecule has 0 saturated carbocycles. The van der Waals surface area contributed by atoms with Gasteiger partial charge >= 0.3 is 0 Å². The highest BCUT2D eigenvalue weighted by molar-refractivity contribution is 5.91. The van der Waals surface area contributed by atoms with E-state index in [2.05, 4.69) is 9.97 Å². The fourth-order valence-electron chi connectivity index (χ4n) is 4.69. The molecule has 0 aliphatic carbocycles. The van der Waals surface area contributed by atoms with Gasteiger partial charge in [-0.25, -0.2) is 4.98 Å². The van der Waals surface area contributed by atoms with Crippen LogP contribution in [0.5, 0.6) is 0 Å². The number of ketones is 1.